The number of rotatable bonds is 6. The van der Waals surface area contributed by atoms with Crippen molar-refractivity contribution >= 4 is 11.9 Å². The molecule has 1 unspecified atom stereocenters. The molecule has 0 heterocycles. The second-order valence-electron chi connectivity index (χ2n) is 4.45. The van der Waals surface area contributed by atoms with Crippen LogP contribution in [0, 0.1) is 11.8 Å². The van der Waals surface area contributed by atoms with Gasteiger partial charge in [-0.2, -0.15) is 0 Å². The fourth-order valence-electron chi connectivity index (χ4n) is 1.19. The molecular weight excluding hydrogens is 194 g/mol. The van der Waals surface area contributed by atoms with Crippen LogP contribution in [0.25, 0.3) is 0 Å². The summed E-state index contributed by atoms with van der Waals surface area (Å²) in [6.45, 7) is 6.02. The molecule has 0 rings (SSSR count). The Morgan fingerprint density at radius 3 is 2.20 bits per heavy atom. The summed E-state index contributed by atoms with van der Waals surface area (Å²) in [5, 5.41) is 8.69. The first-order valence-electron chi connectivity index (χ1n) is 5.31. The zero-order chi connectivity index (χ0) is 12.0. The van der Waals surface area contributed by atoms with E-state index in [4.69, 9.17) is 5.11 Å². The van der Waals surface area contributed by atoms with Gasteiger partial charge in [0, 0.05) is 20.0 Å². The molecule has 0 aromatic carbocycles. The van der Waals surface area contributed by atoms with E-state index in [1.54, 1.807) is 14.0 Å². The summed E-state index contributed by atoms with van der Waals surface area (Å²) in [5.41, 5.74) is 0. The lowest BCUT2D eigenvalue weighted by molar-refractivity contribution is -0.142. The maximum Gasteiger partial charge on any atom is 0.308 e. The Balaban J connectivity index is 3.93. The van der Waals surface area contributed by atoms with Gasteiger partial charge in [-0.15, -0.1) is 0 Å². The van der Waals surface area contributed by atoms with Crippen molar-refractivity contribution in [2.45, 2.75) is 33.6 Å². The molecule has 0 spiro atoms. The van der Waals surface area contributed by atoms with Crippen LogP contribution in [0.2, 0.25) is 0 Å². The Morgan fingerprint density at radius 1 is 1.27 bits per heavy atom. The summed E-state index contributed by atoms with van der Waals surface area (Å²) in [7, 11) is 1.65. The number of hydrogen-bond acceptors (Lipinski definition) is 2. The van der Waals surface area contributed by atoms with E-state index in [1.165, 1.54) is 4.90 Å². The smallest absolute Gasteiger partial charge is 0.308 e. The van der Waals surface area contributed by atoms with Crippen molar-refractivity contribution in [1.82, 2.24) is 4.90 Å². The molecule has 0 aromatic heterocycles. The predicted molar refractivity (Wildman–Crippen MR) is 58.5 cm³/mol. The molecule has 0 aliphatic carbocycles. The molecule has 0 bridgehead atoms. The average Bonchev–Trinajstić information content (AvgIpc) is 2.13. The third-order valence-corrected chi connectivity index (χ3v) is 2.33. The molecular formula is C11H21NO3. The van der Waals surface area contributed by atoms with Gasteiger partial charge in [0.2, 0.25) is 5.91 Å². The average molecular weight is 215 g/mol. The second kappa shape index (κ2) is 6.43. The van der Waals surface area contributed by atoms with Crippen molar-refractivity contribution in [3.8, 4) is 0 Å². The number of carboxylic acids is 1. The van der Waals surface area contributed by atoms with Crippen molar-refractivity contribution < 1.29 is 14.7 Å². The van der Waals surface area contributed by atoms with Gasteiger partial charge in [-0.25, -0.2) is 0 Å². The minimum atomic E-state index is -0.862. The number of nitrogens with zero attached hydrogens (tertiary/aromatic N) is 1. The van der Waals surface area contributed by atoms with E-state index in [-0.39, 0.29) is 12.5 Å². The summed E-state index contributed by atoms with van der Waals surface area (Å²) in [4.78, 5) is 23.6. The molecule has 88 valence electrons. The highest BCUT2D eigenvalue weighted by atomic mass is 16.4. The topological polar surface area (TPSA) is 57.6 Å². The maximum atomic E-state index is 11.5. The number of carbonyl (C=O) groups is 2. The van der Waals surface area contributed by atoms with E-state index in [9.17, 15) is 9.59 Å². The Labute approximate surface area is 91.3 Å². The van der Waals surface area contributed by atoms with E-state index >= 15 is 0 Å². The Morgan fingerprint density at radius 2 is 1.80 bits per heavy atom. The quantitative estimate of drug-likeness (QED) is 0.732. The van der Waals surface area contributed by atoms with Crippen LogP contribution in [0.15, 0.2) is 0 Å². The van der Waals surface area contributed by atoms with Gasteiger partial charge >= 0.3 is 5.97 Å². The highest BCUT2D eigenvalue weighted by Crippen LogP contribution is 2.07. The standard InChI is InChI=1S/C11H21NO3/c1-8(2)5-6-10(13)12(4)7-9(3)11(14)15/h8-9H,5-7H2,1-4H3,(H,14,15). The number of hydrogen-bond donors (Lipinski definition) is 1. The van der Waals surface area contributed by atoms with Crippen molar-refractivity contribution in [3.63, 3.8) is 0 Å². The second-order valence-corrected chi connectivity index (χ2v) is 4.45. The first kappa shape index (κ1) is 13.9. The first-order valence-corrected chi connectivity index (χ1v) is 5.31. The molecule has 4 nitrogen and oxygen atoms in total. The van der Waals surface area contributed by atoms with E-state index in [2.05, 4.69) is 13.8 Å². The van der Waals surface area contributed by atoms with E-state index in [1.807, 2.05) is 0 Å². The minimum absolute atomic E-state index is 0.0248. The number of carboxylic acid groups (broad SMARTS) is 1. The van der Waals surface area contributed by atoms with Crippen molar-refractivity contribution in [2.24, 2.45) is 11.8 Å². The molecule has 1 N–H and O–H groups in total. The lowest BCUT2D eigenvalue weighted by Gasteiger charge is -2.19. The van der Waals surface area contributed by atoms with Crippen LogP contribution in [-0.4, -0.2) is 35.5 Å². The molecule has 4 heteroatoms. The van der Waals surface area contributed by atoms with Crippen LogP contribution in [0.4, 0.5) is 0 Å². The summed E-state index contributed by atoms with van der Waals surface area (Å²) >= 11 is 0. The first-order chi connectivity index (χ1) is 6.84. The molecule has 0 aromatic rings. The van der Waals surface area contributed by atoms with Gasteiger partial charge in [-0.05, 0) is 12.3 Å². The summed E-state index contributed by atoms with van der Waals surface area (Å²) in [5.74, 6) is -0.840. The highest BCUT2D eigenvalue weighted by molar-refractivity contribution is 5.77. The molecule has 1 amide bonds. The molecule has 0 saturated carbocycles. The van der Waals surface area contributed by atoms with Gasteiger partial charge in [0.25, 0.3) is 0 Å². The molecule has 0 aliphatic heterocycles. The van der Waals surface area contributed by atoms with Crippen LogP contribution in [0.1, 0.15) is 33.6 Å². The Hall–Kier alpha value is -1.06. The number of aliphatic carboxylic acids is 1. The third-order valence-electron chi connectivity index (χ3n) is 2.33. The predicted octanol–water partition coefficient (Wildman–Crippen LogP) is 1.60. The van der Waals surface area contributed by atoms with Gasteiger partial charge in [0.15, 0.2) is 0 Å². The lowest BCUT2D eigenvalue weighted by atomic mass is 10.1. The molecule has 0 radical (unpaired) electrons. The fourth-order valence-corrected chi connectivity index (χ4v) is 1.19. The van der Waals surface area contributed by atoms with E-state index < -0.39 is 11.9 Å². The Kier molecular flexibility index (Phi) is 5.97. The monoisotopic (exact) mass is 215 g/mol. The van der Waals surface area contributed by atoms with Crippen LogP contribution in [0.5, 0.6) is 0 Å². The third kappa shape index (κ3) is 6.10. The SMILES string of the molecule is CC(C)CCC(=O)N(C)CC(C)C(=O)O. The van der Waals surface area contributed by atoms with Crippen molar-refractivity contribution in [2.75, 3.05) is 13.6 Å². The van der Waals surface area contributed by atoms with Crippen molar-refractivity contribution in [3.05, 3.63) is 0 Å². The molecule has 0 saturated heterocycles. The van der Waals surface area contributed by atoms with Crippen LogP contribution >= 0.6 is 0 Å². The van der Waals surface area contributed by atoms with E-state index in [0.29, 0.717) is 12.3 Å². The minimum Gasteiger partial charge on any atom is -0.481 e. The van der Waals surface area contributed by atoms with E-state index in [0.717, 1.165) is 6.42 Å². The van der Waals surface area contributed by atoms with Crippen LogP contribution in [0.3, 0.4) is 0 Å². The molecule has 1 atom stereocenters. The largest absolute Gasteiger partial charge is 0.481 e. The maximum absolute atomic E-state index is 11.5. The van der Waals surface area contributed by atoms with Gasteiger partial charge in [0.1, 0.15) is 0 Å². The number of amides is 1. The fraction of sp³-hybridized carbons (Fsp3) is 0.818. The molecule has 0 fully saturated rings. The summed E-state index contributed by atoms with van der Waals surface area (Å²) in [6, 6.07) is 0. The van der Waals surface area contributed by atoms with Crippen molar-refractivity contribution in [1.29, 1.82) is 0 Å². The van der Waals surface area contributed by atoms with Gasteiger partial charge in [0.05, 0.1) is 5.92 Å². The van der Waals surface area contributed by atoms with Gasteiger partial charge < -0.3 is 10.0 Å². The summed E-state index contributed by atoms with van der Waals surface area (Å²) < 4.78 is 0. The van der Waals surface area contributed by atoms with Crippen LogP contribution < -0.4 is 0 Å². The zero-order valence-electron chi connectivity index (χ0n) is 9.99. The number of carbonyl (C=O) groups excluding carboxylic acids is 1. The lowest BCUT2D eigenvalue weighted by Crippen LogP contribution is -2.33. The molecule has 0 aliphatic rings. The zero-order valence-corrected chi connectivity index (χ0v) is 9.99. The van der Waals surface area contributed by atoms with Gasteiger partial charge in [-0.3, -0.25) is 9.59 Å². The highest BCUT2D eigenvalue weighted by Gasteiger charge is 2.17. The van der Waals surface area contributed by atoms with Crippen LogP contribution in [-0.2, 0) is 9.59 Å². The summed E-state index contributed by atoms with van der Waals surface area (Å²) in [6.07, 6.45) is 1.35. The molecule has 15 heavy (non-hydrogen) atoms. The van der Waals surface area contributed by atoms with Gasteiger partial charge in [-0.1, -0.05) is 20.8 Å². The Bertz CT molecular complexity index is 226. The normalized spacial score (nSPS) is 12.6.